The number of aryl methyl sites for hydroxylation is 2. The van der Waals surface area contributed by atoms with Gasteiger partial charge >= 0.3 is 5.97 Å². The summed E-state index contributed by atoms with van der Waals surface area (Å²) >= 11 is 0. The van der Waals surface area contributed by atoms with Crippen LogP contribution in [0.25, 0.3) is 0 Å². The number of ether oxygens (including phenoxy) is 3. The van der Waals surface area contributed by atoms with Crippen LogP contribution < -0.4 is 19.5 Å². The van der Waals surface area contributed by atoms with Crippen molar-refractivity contribution < 1.29 is 28.9 Å². The van der Waals surface area contributed by atoms with Gasteiger partial charge in [0, 0.05) is 12.1 Å². The zero-order chi connectivity index (χ0) is 19.8. The second kappa shape index (κ2) is 9.47. The molecule has 0 spiro atoms. The molecule has 0 fully saturated rings. The largest absolute Gasteiger partial charge is 0.497 e. The summed E-state index contributed by atoms with van der Waals surface area (Å²) in [5.74, 6) is 0.674. The summed E-state index contributed by atoms with van der Waals surface area (Å²) in [5.41, 5.74) is 2.33. The van der Waals surface area contributed by atoms with Crippen molar-refractivity contribution in [3.05, 3.63) is 47.5 Å². The summed E-state index contributed by atoms with van der Waals surface area (Å²) in [5, 5.41) is 11.5. The van der Waals surface area contributed by atoms with Crippen LogP contribution in [0.2, 0.25) is 0 Å². The molecule has 0 aliphatic heterocycles. The van der Waals surface area contributed by atoms with E-state index < -0.39 is 12.6 Å². The van der Waals surface area contributed by atoms with Crippen LogP contribution in [0.4, 0.5) is 5.69 Å². The number of carboxylic acids is 1. The molecule has 144 valence electrons. The fourth-order valence-electron chi connectivity index (χ4n) is 2.55. The molecule has 1 amide bonds. The molecule has 2 aromatic carbocycles. The molecular formula is C20H23NO6. The van der Waals surface area contributed by atoms with Gasteiger partial charge in [0.1, 0.15) is 17.2 Å². The predicted molar refractivity (Wildman–Crippen MR) is 101 cm³/mol. The lowest BCUT2D eigenvalue weighted by atomic mass is 10.1. The Kier molecular flexibility index (Phi) is 7.05. The van der Waals surface area contributed by atoms with Crippen molar-refractivity contribution in [2.45, 2.75) is 19.8 Å². The van der Waals surface area contributed by atoms with Gasteiger partial charge in [-0.25, -0.2) is 4.79 Å². The van der Waals surface area contributed by atoms with E-state index in [4.69, 9.17) is 19.3 Å². The third-order valence-corrected chi connectivity index (χ3v) is 3.94. The van der Waals surface area contributed by atoms with E-state index in [1.807, 2.05) is 19.1 Å². The van der Waals surface area contributed by atoms with Gasteiger partial charge in [0.25, 0.3) is 0 Å². The number of benzene rings is 2. The average Bonchev–Trinajstić information content (AvgIpc) is 2.66. The Bertz CT molecular complexity index is 818. The van der Waals surface area contributed by atoms with Crippen LogP contribution in [-0.2, 0) is 16.0 Å². The molecule has 0 saturated carbocycles. The smallest absolute Gasteiger partial charge is 0.341 e. The van der Waals surface area contributed by atoms with E-state index in [2.05, 4.69) is 5.32 Å². The summed E-state index contributed by atoms with van der Waals surface area (Å²) < 4.78 is 15.7. The number of nitrogens with one attached hydrogen (secondary N) is 1. The number of anilines is 1. The molecule has 27 heavy (non-hydrogen) atoms. The molecule has 0 bridgehead atoms. The SMILES string of the molecule is COc1ccc(OC)c(CCC(=O)Nc2ccc(OCC(=O)O)cc2C)c1. The Morgan fingerprint density at radius 1 is 1.04 bits per heavy atom. The van der Waals surface area contributed by atoms with Gasteiger partial charge in [0.15, 0.2) is 6.61 Å². The Balaban J connectivity index is 1.97. The first kappa shape index (κ1) is 20.1. The first-order valence-electron chi connectivity index (χ1n) is 8.39. The highest BCUT2D eigenvalue weighted by Gasteiger charge is 2.10. The number of rotatable bonds is 9. The summed E-state index contributed by atoms with van der Waals surface area (Å²) in [6, 6.07) is 10.5. The summed E-state index contributed by atoms with van der Waals surface area (Å²) in [6.07, 6.45) is 0.783. The molecule has 0 heterocycles. The molecular weight excluding hydrogens is 350 g/mol. The van der Waals surface area contributed by atoms with E-state index in [0.717, 1.165) is 11.1 Å². The van der Waals surface area contributed by atoms with E-state index in [9.17, 15) is 9.59 Å². The van der Waals surface area contributed by atoms with Crippen molar-refractivity contribution in [1.82, 2.24) is 0 Å². The lowest BCUT2D eigenvalue weighted by Crippen LogP contribution is -2.14. The van der Waals surface area contributed by atoms with Crippen molar-refractivity contribution >= 4 is 17.6 Å². The summed E-state index contributed by atoms with van der Waals surface area (Å²) in [4.78, 5) is 22.8. The molecule has 2 rings (SSSR count). The van der Waals surface area contributed by atoms with Crippen molar-refractivity contribution in [2.24, 2.45) is 0 Å². The quantitative estimate of drug-likeness (QED) is 0.702. The van der Waals surface area contributed by atoms with E-state index in [1.54, 1.807) is 38.5 Å². The number of carbonyl (C=O) groups excluding carboxylic acids is 1. The number of hydrogen-bond acceptors (Lipinski definition) is 5. The lowest BCUT2D eigenvalue weighted by molar-refractivity contribution is -0.139. The van der Waals surface area contributed by atoms with Crippen molar-refractivity contribution in [1.29, 1.82) is 0 Å². The van der Waals surface area contributed by atoms with Gasteiger partial charge in [0.2, 0.25) is 5.91 Å². The van der Waals surface area contributed by atoms with Crippen molar-refractivity contribution in [3.8, 4) is 17.2 Å². The van der Waals surface area contributed by atoms with Crippen molar-refractivity contribution in [3.63, 3.8) is 0 Å². The van der Waals surface area contributed by atoms with Gasteiger partial charge in [-0.1, -0.05) is 0 Å². The van der Waals surface area contributed by atoms with Crippen LogP contribution in [0.1, 0.15) is 17.5 Å². The van der Waals surface area contributed by atoms with Crippen LogP contribution in [0.15, 0.2) is 36.4 Å². The molecule has 0 unspecified atom stereocenters. The van der Waals surface area contributed by atoms with Gasteiger partial charge in [-0.2, -0.15) is 0 Å². The van der Waals surface area contributed by atoms with Gasteiger partial charge < -0.3 is 24.6 Å². The maximum absolute atomic E-state index is 12.3. The van der Waals surface area contributed by atoms with Gasteiger partial charge in [-0.05, 0) is 60.9 Å². The molecule has 7 heteroatoms. The topological polar surface area (TPSA) is 94.1 Å². The van der Waals surface area contributed by atoms with Crippen LogP contribution in [0.5, 0.6) is 17.2 Å². The zero-order valence-electron chi connectivity index (χ0n) is 15.6. The molecule has 2 aromatic rings. The van der Waals surface area contributed by atoms with Crippen LogP contribution >= 0.6 is 0 Å². The molecule has 7 nitrogen and oxygen atoms in total. The highest BCUT2D eigenvalue weighted by Crippen LogP contribution is 2.26. The average molecular weight is 373 g/mol. The molecule has 0 saturated heterocycles. The number of amides is 1. The van der Waals surface area contributed by atoms with Gasteiger partial charge in [-0.3, -0.25) is 4.79 Å². The van der Waals surface area contributed by atoms with Gasteiger partial charge in [-0.15, -0.1) is 0 Å². The molecule has 0 aromatic heterocycles. The molecule has 0 radical (unpaired) electrons. The Labute approximate surface area is 157 Å². The van der Waals surface area contributed by atoms with Crippen LogP contribution in [0, 0.1) is 6.92 Å². The maximum Gasteiger partial charge on any atom is 0.341 e. The normalized spacial score (nSPS) is 10.2. The van der Waals surface area contributed by atoms with E-state index in [-0.39, 0.29) is 12.3 Å². The third-order valence-electron chi connectivity index (χ3n) is 3.94. The predicted octanol–water partition coefficient (Wildman–Crippen LogP) is 3.05. The summed E-state index contributed by atoms with van der Waals surface area (Å²) in [6.45, 7) is 1.40. The standard InChI is InChI=1S/C20H23NO6/c1-13-10-16(27-12-20(23)24)5-7-17(13)21-19(22)9-4-14-11-15(25-2)6-8-18(14)26-3/h5-8,10-11H,4,9,12H2,1-3H3,(H,21,22)(H,23,24). The monoisotopic (exact) mass is 373 g/mol. The fourth-order valence-corrected chi connectivity index (χ4v) is 2.55. The van der Waals surface area contributed by atoms with E-state index >= 15 is 0 Å². The number of methoxy groups -OCH3 is 2. The second-order valence-electron chi connectivity index (χ2n) is 5.89. The Morgan fingerprint density at radius 2 is 1.78 bits per heavy atom. The minimum Gasteiger partial charge on any atom is -0.497 e. The number of carbonyl (C=O) groups is 2. The second-order valence-corrected chi connectivity index (χ2v) is 5.89. The lowest BCUT2D eigenvalue weighted by Gasteiger charge is -2.12. The Hall–Kier alpha value is -3.22. The van der Waals surface area contributed by atoms with E-state index in [1.165, 1.54) is 0 Å². The van der Waals surface area contributed by atoms with Crippen LogP contribution in [0.3, 0.4) is 0 Å². The van der Waals surface area contributed by atoms with Crippen LogP contribution in [-0.4, -0.2) is 37.8 Å². The number of hydrogen-bond donors (Lipinski definition) is 2. The molecule has 0 aliphatic carbocycles. The Morgan fingerprint density at radius 3 is 2.41 bits per heavy atom. The van der Waals surface area contributed by atoms with Crippen molar-refractivity contribution in [2.75, 3.05) is 26.1 Å². The van der Waals surface area contributed by atoms with E-state index in [0.29, 0.717) is 29.4 Å². The minimum atomic E-state index is -1.04. The zero-order valence-corrected chi connectivity index (χ0v) is 15.6. The number of carboxylic acid groups (broad SMARTS) is 1. The maximum atomic E-state index is 12.3. The highest BCUT2D eigenvalue weighted by molar-refractivity contribution is 5.91. The first-order valence-corrected chi connectivity index (χ1v) is 8.39. The third kappa shape index (κ3) is 5.91. The molecule has 0 aliphatic rings. The fraction of sp³-hybridized carbons (Fsp3) is 0.300. The first-order chi connectivity index (χ1) is 12.9. The highest BCUT2D eigenvalue weighted by atomic mass is 16.5. The number of aliphatic carboxylic acids is 1. The molecule has 2 N–H and O–H groups in total. The summed E-state index contributed by atoms with van der Waals surface area (Å²) in [7, 11) is 3.17. The molecule has 0 atom stereocenters. The van der Waals surface area contributed by atoms with Gasteiger partial charge in [0.05, 0.1) is 14.2 Å². The minimum absolute atomic E-state index is 0.137.